The second-order valence-corrected chi connectivity index (χ2v) is 3.76. The minimum atomic E-state index is -1.04. The van der Waals surface area contributed by atoms with Gasteiger partial charge >= 0.3 is 11.9 Å². The molecule has 0 bridgehead atoms. The number of benzene rings is 1. The molecule has 90 valence electrons. The van der Waals surface area contributed by atoms with Gasteiger partial charge in [0.25, 0.3) is 0 Å². The fraction of sp³-hybridized carbons (Fsp3) is 0.231. The van der Waals surface area contributed by atoms with Crippen molar-refractivity contribution in [3.05, 3.63) is 34.9 Å². The molecule has 0 aliphatic heterocycles. The monoisotopic (exact) mass is 234 g/mol. The number of esters is 1. The third-order valence-corrected chi connectivity index (χ3v) is 2.14. The SMILES string of the molecule is CC(=O)Oc1cc(C)cc(C)c1/C=C\C(=O)O. The molecule has 0 unspecified atom stereocenters. The lowest BCUT2D eigenvalue weighted by molar-refractivity contribution is -0.132. The van der Waals surface area contributed by atoms with E-state index in [2.05, 4.69) is 0 Å². The summed E-state index contributed by atoms with van der Waals surface area (Å²) < 4.78 is 5.06. The Morgan fingerprint density at radius 2 is 1.94 bits per heavy atom. The molecule has 0 saturated heterocycles. The molecule has 0 aliphatic carbocycles. The Labute approximate surface area is 99.5 Å². The number of carboxylic acid groups (broad SMARTS) is 1. The predicted octanol–water partition coefficient (Wildman–Crippen LogP) is 2.33. The van der Waals surface area contributed by atoms with Gasteiger partial charge in [0.1, 0.15) is 5.75 Å². The molecule has 1 rings (SSSR count). The largest absolute Gasteiger partial charge is 0.478 e. The second-order valence-electron chi connectivity index (χ2n) is 3.76. The maximum Gasteiger partial charge on any atom is 0.328 e. The number of hydrogen-bond acceptors (Lipinski definition) is 3. The summed E-state index contributed by atoms with van der Waals surface area (Å²) >= 11 is 0. The van der Waals surface area contributed by atoms with Gasteiger partial charge < -0.3 is 9.84 Å². The average Bonchev–Trinajstić information content (AvgIpc) is 2.14. The van der Waals surface area contributed by atoms with E-state index in [1.54, 1.807) is 6.07 Å². The van der Waals surface area contributed by atoms with Crippen molar-refractivity contribution in [3.63, 3.8) is 0 Å². The van der Waals surface area contributed by atoms with Crippen molar-refractivity contribution in [2.24, 2.45) is 0 Å². The first-order chi connectivity index (χ1) is 7.90. The quantitative estimate of drug-likeness (QED) is 0.495. The lowest BCUT2D eigenvalue weighted by Crippen LogP contribution is -2.04. The summed E-state index contributed by atoms with van der Waals surface area (Å²) in [6.07, 6.45) is 2.44. The Hall–Kier alpha value is -2.10. The molecule has 0 heterocycles. The molecule has 1 N–H and O–H groups in total. The molecule has 4 heteroatoms. The topological polar surface area (TPSA) is 63.6 Å². The number of rotatable bonds is 3. The van der Waals surface area contributed by atoms with Gasteiger partial charge in [0.2, 0.25) is 0 Å². The maximum absolute atomic E-state index is 11.0. The third kappa shape index (κ3) is 3.75. The number of carbonyl (C=O) groups is 2. The van der Waals surface area contributed by atoms with Crippen LogP contribution in [-0.2, 0) is 9.59 Å². The van der Waals surface area contributed by atoms with E-state index in [-0.39, 0.29) is 0 Å². The number of aliphatic carboxylic acids is 1. The van der Waals surface area contributed by atoms with E-state index in [0.29, 0.717) is 11.3 Å². The van der Waals surface area contributed by atoms with Crippen LogP contribution in [0, 0.1) is 13.8 Å². The van der Waals surface area contributed by atoms with Crippen molar-refractivity contribution >= 4 is 18.0 Å². The van der Waals surface area contributed by atoms with E-state index in [1.165, 1.54) is 13.0 Å². The van der Waals surface area contributed by atoms with Crippen molar-refractivity contribution in [2.45, 2.75) is 20.8 Å². The molecule has 1 aromatic carbocycles. The molecule has 0 radical (unpaired) electrons. The zero-order valence-corrected chi connectivity index (χ0v) is 9.98. The Balaban J connectivity index is 3.24. The zero-order chi connectivity index (χ0) is 13.0. The number of carboxylic acids is 1. The van der Waals surface area contributed by atoms with E-state index in [4.69, 9.17) is 9.84 Å². The molecule has 0 saturated carbocycles. The number of ether oxygens (including phenoxy) is 1. The fourth-order valence-corrected chi connectivity index (χ4v) is 1.55. The Bertz CT molecular complexity index is 486. The summed E-state index contributed by atoms with van der Waals surface area (Å²) in [4.78, 5) is 21.5. The van der Waals surface area contributed by atoms with Gasteiger partial charge in [-0.1, -0.05) is 6.07 Å². The molecule has 0 amide bonds. The molecule has 0 spiro atoms. The highest BCUT2D eigenvalue weighted by atomic mass is 16.5. The molecular weight excluding hydrogens is 220 g/mol. The van der Waals surface area contributed by atoms with Crippen molar-refractivity contribution in [3.8, 4) is 5.75 Å². The van der Waals surface area contributed by atoms with Crippen LogP contribution >= 0.6 is 0 Å². The van der Waals surface area contributed by atoms with E-state index >= 15 is 0 Å². The predicted molar refractivity (Wildman–Crippen MR) is 63.9 cm³/mol. The lowest BCUT2D eigenvalue weighted by atomic mass is 10.0. The summed E-state index contributed by atoms with van der Waals surface area (Å²) in [6.45, 7) is 5.02. The number of aryl methyl sites for hydroxylation is 2. The summed E-state index contributed by atoms with van der Waals surface area (Å²) in [7, 11) is 0. The van der Waals surface area contributed by atoms with Crippen LogP contribution < -0.4 is 4.74 Å². The van der Waals surface area contributed by atoms with Gasteiger partial charge in [0.15, 0.2) is 0 Å². The van der Waals surface area contributed by atoms with Crippen LogP contribution in [0.1, 0.15) is 23.6 Å². The van der Waals surface area contributed by atoms with Crippen LogP contribution in [0.3, 0.4) is 0 Å². The third-order valence-electron chi connectivity index (χ3n) is 2.14. The van der Waals surface area contributed by atoms with Gasteiger partial charge in [-0.2, -0.15) is 0 Å². The summed E-state index contributed by atoms with van der Waals surface area (Å²) in [6, 6.07) is 3.60. The maximum atomic E-state index is 11.0. The van der Waals surface area contributed by atoms with E-state index in [0.717, 1.165) is 17.2 Å². The van der Waals surface area contributed by atoms with Gasteiger partial charge in [-0.05, 0) is 37.1 Å². The number of hydrogen-bond donors (Lipinski definition) is 1. The van der Waals surface area contributed by atoms with Crippen LogP contribution in [0.25, 0.3) is 6.08 Å². The van der Waals surface area contributed by atoms with Crippen LogP contribution in [-0.4, -0.2) is 17.0 Å². The molecule has 0 atom stereocenters. The van der Waals surface area contributed by atoms with E-state index < -0.39 is 11.9 Å². The molecular formula is C13H14O4. The van der Waals surface area contributed by atoms with Crippen LogP contribution in [0.5, 0.6) is 5.75 Å². The average molecular weight is 234 g/mol. The fourth-order valence-electron chi connectivity index (χ4n) is 1.55. The molecule has 0 aliphatic rings. The molecule has 4 nitrogen and oxygen atoms in total. The minimum absolute atomic E-state index is 0.382. The van der Waals surface area contributed by atoms with Crippen LogP contribution in [0.2, 0.25) is 0 Å². The van der Waals surface area contributed by atoms with Gasteiger partial charge in [0, 0.05) is 18.6 Å². The van der Waals surface area contributed by atoms with Crippen molar-refractivity contribution in [1.29, 1.82) is 0 Å². The van der Waals surface area contributed by atoms with Gasteiger partial charge in [-0.3, -0.25) is 4.79 Å². The molecule has 0 aromatic heterocycles. The Morgan fingerprint density at radius 1 is 1.29 bits per heavy atom. The van der Waals surface area contributed by atoms with Crippen molar-refractivity contribution < 1.29 is 19.4 Å². The first kappa shape index (κ1) is 13.0. The Morgan fingerprint density at radius 3 is 2.47 bits per heavy atom. The standard InChI is InChI=1S/C13H14O4/c1-8-6-9(2)11(4-5-13(15)16)12(7-8)17-10(3)14/h4-7H,1-3H3,(H,15,16)/b5-4-. The lowest BCUT2D eigenvalue weighted by Gasteiger charge is -2.10. The van der Waals surface area contributed by atoms with Crippen LogP contribution in [0.4, 0.5) is 0 Å². The summed E-state index contributed by atoms with van der Waals surface area (Å²) in [5, 5.41) is 8.60. The highest BCUT2D eigenvalue weighted by Gasteiger charge is 2.08. The van der Waals surface area contributed by atoms with Crippen molar-refractivity contribution in [2.75, 3.05) is 0 Å². The first-order valence-corrected chi connectivity index (χ1v) is 5.11. The first-order valence-electron chi connectivity index (χ1n) is 5.11. The van der Waals surface area contributed by atoms with Crippen molar-refractivity contribution in [1.82, 2.24) is 0 Å². The van der Waals surface area contributed by atoms with E-state index in [9.17, 15) is 9.59 Å². The zero-order valence-electron chi connectivity index (χ0n) is 9.98. The second kappa shape index (κ2) is 5.30. The molecule has 0 fully saturated rings. The molecule has 17 heavy (non-hydrogen) atoms. The van der Waals surface area contributed by atoms with Crippen LogP contribution in [0.15, 0.2) is 18.2 Å². The highest BCUT2D eigenvalue weighted by molar-refractivity contribution is 5.86. The molecule has 1 aromatic rings. The highest BCUT2D eigenvalue weighted by Crippen LogP contribution is 2.26. The number of carbonyl (C=O) groups excluding carboxylic acids is 1. The smallest absolute Gasteiger partial charge is 0.328 e. The Kier molecular flexibility index (Phi) is 4.04. The van der Waals surface area contributed by atoms with Gasteiger partial charge in [-0.15, -0.1) is 0 Å². The minimum Gasteiger partial charge on any atom is -0.478 e. The van der Waals surface area contributed by atoms with Gasteiger partial charge in [0.05, 0.1) is 0 Å². The summed E-state index contributed by atoms with van der Waals surface area (Å²) in [5.41, 5.74) is 2.41. The van der Waals surface area contributed by atoms with Gasteiger partial charge in [-0.25, -0.2) is 4.79 Å². The van der Waals surface area contributed by atoms with E-state index in [1.807, 2.05) is 19.9 Å². The summed E-state index contributed by atoms with van der Waals surface area (Å²) in [5.74, 6) is -1.09. The normalized spacial score (nSPS) is 10.5.